The van der Waals surface area contributed by atoms with Crippen LogP contribution in [0.15, 0.2) is 97.7 Å². The summed E-state index contributed by atoms with van der Waals surface area (Å²) in [6.07, 6.45) is 0.278. The number of imidazole rings is 1. The number of amides is 16. The molecule has 3 aliphatic heterocycles. The molecule has 44 nitrogen and oxygen atoms in total. The molecule has 0 radical (unpaired) electrons. The summed E-state index contributed by atoms with van der Waals surface area (Å²) in [5, 5.41) is 67.1. The number of hydrogen-bond acceptors (Lipinski definition) is 25. The quantitative estimate of drug-likeness (QED) is 0.0272. The Morgan fingerprint density at radius 2 is 1.19 bits per heavy atom. The number of unbranched alkanes of at least 4 members (excludes halogenated alkanes) is 1. The number of phenolic OH excluding ortho intramolecular Hbond substituents is 1. The zero-order valence-corrected chi connectivity index (χ0v) is 74.8. The lowest BCUT2D eigenvalue weighted by atomic mass is 9.90. The number of nitrogens with one attached hydrogen (secondary N) is 12. The molecule has 15 atom stereocenters. The van der Waals surface area contributed by atoms with E-state index in [1.54, 1.807) is 67.8 Å². The number of aliphatic carboxylic acids is 1. The number of likely N-dealkylation sites (N-methyl/N-ethyl adjacent to an activating group) is 3. The summed E-state index contributed by atoms with van der Waals surface area (Å²) in [5.41, 5.74) is 20.0. The third-order valence-electron chi connectivity index (χ3n) is 23.6. The maximum absolute atomic E-state index is 15.6. The number of aromatic nitrogens is 4. The number of aromatic amines is 3. The molecule has 6 aromatic rings. The Morgan fingerprint density at radius 1 is 0.598 bits per heavy atom. The van der Waals surface area contributed by atoms with Gasteiger partial charge in [-0.05, 0) is 80.0 Å². The van der Waals surface area contributed by atoms with Gasteiger partial charge in [-0.2, -0.15) is 0 Å². The summed E-state index contributed by atoms with van der Waals surface area (Å²) in [5.74, 6) is -21.1. The number of aromatic hydroxyl groups is 1. The standard InChI is InChI=1S/C87H117N21O23S/c1-7-8-18-66-81(124)101-63(36-88)79(122)103-65(77(120)94-40-72(90)114)43-132-44-73(115)96-60(29-47-20-22-52(110)23-21-47)83(126)104(3)46(2)75(118)99-62(35-74(116)117)86(129)107-27-13-19-67(107)82(125)98-59(33-51-39-91-45-95-51)78(121)97-58(24-25-71(89)113)85(128)108-41-53(111)34-69(108)70(112)32-48(30-49-37-92-56-16-11-9-14-54(49)56)76(119)102-64(42-109)80(123)100-61(31-50-38-93-57-17-12-10-15-55(50)57)84(127)106(5)68(26-28-131-6)87(130)105(66)4/h9-12,14-17,20-23,37-39,45-46,48,53,58-69,92-93,109-111H,7-8,13,18-19,24-36,40-44,88H2,1-6H3,(H2,89,113)(H2,90,114)(H,91,95)(H,94,120)(H,96,115)(H,97,121)(H,98,125)(H,99,118)(H,100,123)(H,101,124)(H,102,119)(H,103,122)(H,116,117)/t46-,48+,53+,58-,59-,60-,61-,62-,63-,64-,65-,66-,67-,68-,69-/m0/s1. The number of phenols is 1. The van der Waals surface area contributed by atoms with E-state index in [0.717, 1.165) is 36.3 Å². The van der Waals surface area contributed by atoms with Crippen LogP contribution in [0.4, 0.5) is 0 Å². The maximum atomic E-state index is 15.6. The van der Waals surface area contributed by atoms with Crippen LogP contribution in [0.1, 0.15) is 107 Å². The van der Waals surface area contributed by atoms with E-state index in [2.05, 4.69) is 67.8 Å². The zero-order valence-electron chi connectivity index (χ0n) is 74.0. The van der Waals surface area contributed by atoms with Crippen LogP contribution in [0.5, 0.6) is 5.75 Å². The summed E-state index contributed by atoms with van der Waals surface area (Å²) in [6.45, 7) is -0.391. The third kappa shape index (κ3) is 27.6. The van der Waals surface area contributed by atoms with Gasteiger partial charge in [0.1, 0.15) is 78.3 Å². The predicted molar refractivity (Wildman–Crippen MR) is 475 cm³/mol. The molecule has 45 heteroatoms. The highest BCUT2D eigenvalue weighted by Gasteiger charge is 2.47. The van der Waals surface area contributed by atoms with Gasteiger partial charge in [0.2, 0.25) is 94.5 Å². The van der Waals surface area contributed by atoms with Crippen molar-refractivity contribution in [3.8, 4) is 5.75 Å². The molecule has 0 aliphatic carbocycles. The fraction of sp³-hybridized carbons (Fsp3) is 0.506. The number of carbonyl (C=O) groups excluding carboxylic acids is 17. The van der Waals surface area contributed by atoms with E-state index in [-0.39, 0.29) is 69.5 Å². The molecular formula is C87H117N21O23S. The molecule has 22 N–H and O–H groups in total. The van der Waals surface area contributed by atoms with Crippen LogP contribution in [0.2, 0.25) is 0 Å². The topological polar surface area (TPSA) is 660 Å². The number of fused-ring (bicyclic) bond motifs is 4. The lowest BCUT2D eigenvalue weighted by Gasteiger charge is -2.36. The monoisotopic (exact) mass is 1860 g/mol. The van der Waals surface area contributed by atoms with Gasteiger partial charge in [-0.3, -0.25) is 86.3 Å². The Kier molecular flexibility index (Phi) is 37.6. The van der Waals surface area contributed by atoms with Gasteiger partial charge >= 0.3 is 5.97 Å². The Bertz CT molecular complexity index is 5150. The van der Waals surface area contributed by atoms with Crippen LogP contribution in [-0.2, 0) is 117 Å². The minimum atomic E-state index is -1.94. The SMILES string of the molecule is CCCC[C@H]1C(=O)N[C@@H](CN)C(=O)N[C@H](C(=O)NCC(N)=O)CSCC(=O)N[C@@H](Cc2ccc(O)cc2)C(=O)N(C)[C@@H](C)C(=O)N[C@@H](CC(=O)O)C(=O)N2CCC[C@H]2C(=O)N[C@@H](Cc2c[nH]cn2)C(=O)N[C@@H](CCC(N)=O)C(=O)N2C[C@H](O)C[C@H]2C(=O)C[C@@H](Cc2c[nH]c3ccccc23)C(=O)N[C@@H](CO)C(=O)N[C@@H](Cc2c[nH]c3ccccc23)C(=O)N(C)[C@@H](CCOC)C(=O)N1C. The van der Waals surface area contributed by atoms with Crippen molar-refractivity contribution in [2.45, 2.75) is 195 Å². The first kappa shape index (κ1) is 102. The van der Waals surface area contributed by atoms with E-state index in [4.69, 9.17) is 21.9 Å². The number of nitrogens with two attached hydrogens (primary N) is 3. The van der Waals surface area contributed by atoms with Crippen LogP contribution in [0.25, 0.3) is 21.8 Å². The Balaban J connectivity index is 1.09. The van der Waals surface area contributed by atoms with Crippen LogP contribution in [0.3, 0.4) is 0 Å². The average molecular weight is 1860 g/mol. The number of rotatable bonds is 24. The van der Waals surface area contributed by atoms with Crippen LogP contribution < -0.4 is 65.1 Å². The van der Waals surface area contributed by atoms with Gasteiger partial charge in [0, 0.05) is 152 Å². The second kappa shape index (κ2) is 48.5. The molecule has 6 heterocycles. The number of benzene rings is 3. The minimum absolute atomic E-state index is 0.0529. The number of ether oxygens (including phenoxy) is 1. The Hall–Kier alpha value is -13.4. The van der Waals surface area contributed by atoms with Crippen molar-refractivity contribution in [3.05, 3.63) is 120 Å². The molecule has 0 saturated carbocycles. The van der Waals surface area contributed by atoms with E-state index in [0.29, 0.717) is 51.3 Å². The van der Waals surface area contributed by atoms with Crippen molar-refractivity contribution >= 4 is 140 Å². The van der Waals surface area contributed by atoms with Gasteiger partial charge in [0.15, 0.2) is 5.78 Å². The lowest BCUT2D eigenvalue weighted by Crippen LogP contribution is -2.61. The summed E-state index contributed by atoms with van der Waals surface area (Å²) in [4.78, 5) is 279. The first-order chi connectivity index (χ1) is 62.9. The number of para-hydroxylation sites is 2. The van der Waals surface area contributed by atoms with Gasteiger partial charge in [-0.1, -0.05) is 68.3 Å². The maximum Gasteiger partial charge on any atom is 0.305 e. The van der Waals surface area contributed by atoms with E-state index in [1.807, 2.05) is 0 Å². The number of hydrogen-bond donors (Lipinski definition) is 19. The van der Waals surface area contributed by atoms with Crippen molar-refractivity contribution < 1.29 is 111 Å². The van der Waals surface area contributed by atoms with Crippen molar-refractivity contribution in [2.75, 3.05) is 79.2 Å². The minimum Gasteiger partial charge on any atom is -0.508 e. The number of methoxy groups -OCH3 is 1. The first-order valence-corrected chi connectivity index (χ1v) is 44.4. The van der Waals surface area contributed by atoms with Crippen LogP contribution in [0, 0.1) is 5.92 Å². The number of H-pyrrole nitrogens is 3. The highest BCUT2D eigenvalue weighted by atomic mass is 32.2. The molecule has 9 rings (SSSR count). The number of Topliss-reactive ketones (excluding diaryl/α,β-unsaturated/α-hetero) is 1. The molecule has 714 valence electrons. The molecule has 16 amide bonds. The van der Waals surface area contributed by atoms with E-state index >= 15 is 33.6 Å². The molecule has 132 heavy (non-hydrogen) atoms. The number of nitrogens with zero attached hydrogens (tertiary/aromatic N) is 6. The number of carboxylic acid groups (broad SMARTS) is 1. The highest BCUT2D eigenvalue weighted by Crippen LogP contribution is 2.30. The average Bonchev–Trinajstić information content (AvgIpc) is 1.73. The molecular weight excluding hydrogens is 1740 g/mol. The fourth-order valence-corrected chi connectivity index (χ4v) is 17.0. The van der Waals surface area contributed by atoms with E-state index in [1.165, 1.54) is 72.0 Å². The predicted octanol–water partition coefficient (Wildman–Crippen LogP) is -4.48. The molecule has 0 unspecified atom stereocenters. The number of thioether (sulfide) groups is 1. The molecule has 3 aliphatic rings. The summed E-state index contributed by atoms with van der Waals surface area (Å²) in [6, 6.07) is -1.95. The largest absolute Gasteiger partial charge is 0.508 e. The number of primary amides is 2. The fourth-order valence-electron chi connectivity index (χ4n) is 16.2. The number of aliphatic hydroxyl groups is 2. The van der Waals surface area contributed by atoms with Crippen molar-refractivity contribution in [1.82, 2.24) is 92.3 Å². The molecule has 3 aromatic carbocycles. The smallest absolute Gasteiger partial charge is 0.305 e. The van der Waals surface area contributed by atoms with Gasteiger partial charge in [0.25, 0.3) is 0 Å². The molecule has 0 bridgehead atoms. The zero-order chi connectivity index (χ0) is 96.3. The Morgan fingerprint density at radius 3 is 1.81 bits per heavy atom. The molecule has 3 fully saturated rings. The normalized spacial score (nSPS) is 25.1. The van der Waals surface area contributed by atoms with Gasteiger partial charge in [0.05, 0.1) is 49.5 Å². The number of carboxylic acids is 1. The van der Waals surface area contributed by atoms with E-state index in [9.17, 15) is 73.2 Å². The second-order valence-electron chi connectivity index (χ2n) is 33.0. The van der Waals surface area contributed by atoms with Crippen molar-refractivity contribution in [3.63, 3.8) is 0 Å². The number of ketones is 1. The Labute approximate surface area is 763 Å². The first-order valence-electron chi connectivity index (χ1n) is 43.3. The highest BCUT2D eigenvalue weighted by molar-refractivity contribution is 8.00. The summed E-state index contributed by atoms with van der Waals surface area (Å²) >= 11 is 0.730. The van der Waals surface area contributed by atoms with Crippen LogP contribution in [-0.4, -0.2) is 335 Å². The van der Waals surface area contributed by atoms with E-state index < -0.39 is 273 Å². The van der Waals surface area contributed by atoms with Crippen LogP contribution >= 0.6 is 11.8 Å². The van der Waals surface area contributed by atoms with Gasteiger partial charge in [-0.25, -0.2) is 4.98 Å². The molecule has 3 aromatic heterocycles. The van der Waals surface area contributed by atoms with Crippen molar-refractivity contribution in [2.24, 2.45) is 23.1 Å². The second-order valence-corrected chi connectivity index (χ2v) is 34.0. The van der Waals surface area contributed by atoms with Gasteiger partial charge in [-0.15, -0.1) is 11.8 Å². The third-order valence-corrected chi connectivity index (χ3v) is 24.6. The molecule has 3 saturated heterocycles. The van der Waals surface area contributed by atoms with Gasteiger partial charge < -0.3 is 130 Å². The van der Waals surface area contributed by atoms with Crippen molar-refractivity contribution in [1.29, 1.82) is 0 Å². The lowest BCUT2D eigenvalue weighted by molar-refractivity contribution is -0.150. The number of aliphatic hydroxyl groups excluding tert-OH is 2. The molecule has 0 spiro atoms. The number of carbonyl (C=O) groups is 18. The summed E-state index contributed by atoms with van der Waals surface area (Å²) < 4.78 is 5.46. The summed E-state index contributed by atoms with van der Waals surface area (Å²) in [7, 11) is 5.06.